The Hall–Kier alpha value is -2.78. The van der Waals surface area contributed by atoms with Gasteiger partial charge in [0.2, 0.25) is 0 Å². The fourth-order valence-corrected chi connectivity index (χ4v) is 2.88. The predicted molar refractivity (Wildman–Crippen MR) is 94.9 cm³/mol. The molecule has 0 N–H and O–H groups in total. The Balaban J connectivity index is 2.01. The lowest BCUT2D eigenvalue weighted by Gasteiger charge is -2.10. The molecule has 0 saturated carbocycles. The maximum Gasteiger partial charge on any atom is 0.289 e. The lowest BCUT2D eigenvalue weighted by atomic mass is 10.1. The van der Waals surface area contributed by atoms with Crippen molar-refractivity contribution in [3.05, 3.63) is 56.0 Å². The van der Waals surface area contributed by atoms with Gasteiger partial charge in [0.15, 0.2) is 11.5 Å². The van der Waals surface area contributed by atoms with Gasteiger partial charge in [0.05, 0.1) is 24.5 Å². The van der Waals surface area contributed by atoms with E-state index < -0.39 is 5.56 Å². The van der Waals surface area contributed by atoms with E-state index in [1.165, 1.54) is 10.9 Å². The zero-order chi connectivity index (χ0) is 18.0. The van der Waals surface area contributed by atoms with Crippen LogP contribution < -0.4 is 15.0 Å². The lowest BCUT2D eigenvalue weighted by Crippen LogP contribution is -2.22. The maximum absolute atomic E-state index is 12.4. The van der Waals surface area contributed by atoms with Crippen LogP contribution in [-0.4, -0.2) is 24.1 Å². The summed E-state index contributed by atoms with van der Waals surface area (Å²) in [7, 11) is 0. The first-order valence-electron chi connectivity index (χ1n) is 7.78. The average molecular weight is 358 g/mol. The summed E-state index contributed by atoms with van der Waals surface area (Å²) in [6.45, 7) is 4.58. The second-order valence-corrected chi connectivity index (χ2v) is 6.10. The van der Waals surface area contributed by atoms with Gasteiger partial charge in [-0.25, -0.2) is 4.68 Å². The van der Waals surface area contributed by atoms with Crippen LogP contribution in [0.5, 0.6) is 11.5 Å². The SMILES string of the molecule is Cc1cc(C)n(/N=C\c2cc(Cl)c3c(c2)OCCCO3)c(=O)c1C#N. The van der Waals surface area contributed by atoms with Gasteiger partial charge in [-0.1, -0.05) is 11.6 Å². The Kier molecular flexibility index (Phi) is 4.77. The van der Waals surface area contributed by atoms with Crippen LogP contribution in [0.1, 0.15) is 28.8 Å². The molecule has 128 valence electrons. The summed E-state index contributed by atoms with van der Waals surface area (Å²) in [5.74, 6) is 1.07. The van der Waals surface area contributed by atoms with Gasteiger partial charge in [0.25, 0.3) is 5.56 Å². The quantitative estimate of drug-likeness (QED) is 0.774. The molecule has 0 bridgehead atoms. The molecule has 0 aliphatic carbocycles. The summed E-state index contributed by atoms with van der Waals surface area (Å²) >= 11 is 6.25. The molecule has 0 unspecified atom stereocenters. The van der Waals surface area contributed by atoms with Crippen molar-refractivity contribution in [3.8, 4) is 17.6 Å². The molecule has 0 saturated heterocycles. The minimum Gasteiger partial charge on any atom is -0.489 e. The highest BCUT2D eigenvalue weighted by Crippen LogP contribution is 2.37. The number of aromatic nitrogens is 1. The Morgan fingerprint density at radius 1 is 1.28 bits per heavy atom. The zero-order valence-electron chi connectivity index (χ0n) is 13.9. The first-order valence-corrected chi connectivity index (χ1v) is 8.16. The molecule has 1 aromatic carbocycles. The van der Waals surface area contributed by atoms with Crippen molar-refractivity contribution in [3.63, 3.8) is 0 Å². The van der Waals surface area contributed by atoms with E-state index in [-0.39, 0.29) is 5.56 Å². The molecule has 2 heterocycles. The van der Waals surface area contributed by atoms with Crippen LogP contribution in [-0.2, 0) is 0 Å². The number of halogens is 1. The van der Waals surface area contributed by atoms with Crippen molar-refractivity contribution in [1.82, 2.24) is 4.68 Å². The fraction of sp³-hybridized carbons (Fsp3) is 0.278. The number of rotatable bonds is 2. The molecule has 2 aromatic rings. The smallest absolute Gasteiger partial charge is 0.289 e. The van der Waals surface area contributed by atoms with Gasteiger partial charge < -0.3 is 9.47 Å². The molecule has 0 spiro atoms. The second kappa shape index (κ2) is 6.99. The Morgan fingerprint density at radius 3 is 2.80 bits per heavy atom. The van der Waals surface area contributed by atoms with E-state index in [0.29, 0.717) is 46.6 Å². The summed E-state index contributed by atoms with van der Waals surface area (Å²) in [6, 6.07) is 7.12. The Labute approximate surface area is 149 Å². The van der Waals surface area contributed by atoms with Crippen molar-refractivity contribution < 1.29 is 9.47 Å². The van der Waals surface area contributed by atoms with Gasteiger partial charge in [-0.3, -0.25) is 4.79 Å². The van der Waals surface area contributed by atoms with Gasteiger partial charge in [-0.05, 0) is 43.2 Å². The predicted octanol–water partition coefficient (Wildman–Crippen LogP) is 3.03. The summed E-state index contributed by atoms with van der Waals surface area (Å²) in [6.07, 6.45) is 2.29. The summed E-state index contributed by atoms with van der Waals surface area (Å²) < 4.78 is 12.4. The first-order chi connectivity index (χ1) is 12.0. The number of ether oxygens (including phenoxy) is 2. The Bertz CT molecular complexity index is 958. The minimum atomic E-state index is -0.448. The molecule has 0 radical (unpaired) electrons. The number of benzene rings is 1. The highest BCUT2D eigenvalue weighted by molar-refractivity contribution is 6.32. The molecule has 3 rings (SSSR count). The van der Waals surface area contributed by atoms with Gasteiger partial charge in [-0.15, -0.1) is 0 Å². The van der Waals surface area contributed by atoms with Crippen molar-refractivity contribution in [1.29, 1.82) is 5.26 Å². The van der Waals surface area contributed by atoms with E-state index in [1.807, 2.05) is 6.07 Å². The Morgan fingerprint density at radius 2 is 2.04 bits per heavy atom. The van der Waals surface area contributed by atoms with Crippen molar-refractivity contribution >= 4 is 17.8 Å². The monoisotopic (exact) mass is 357 g/mol. The van der Waals surface area contributed by atoms with E-state index in [2.05, 4.69) is 5.10 Å². The van der Waals surface area contributed by atoms with Crippen LogP contribution in [0.15, 0.2) is 28.1 Å². The van der Waals surface area contributed by atoms with E-state index in [0.717, 1.165) is 6.42 Å². The van der Waals surface area contributed by atoms with Crippen LogP contribution in [0, 0.1) is 25.2 Å². The van der Waals surface area contributed by atoms with Crippen LogP contribution in [0.3, 0.4) is 0 Å². The first kappa shape index (κ1) is 17.1. The highest BCUT2D eigenvalue weighted by atomic mass is 35.5. The summed E-state index contributed by atoms with van der Waals surface area (Å²) in [4.78, 5) is 12.4. The molecule has 25 heavy (non-hydrogen) atoms. The van der Waals surface area contributed by atoms with Gasteiger partial charge in [0.1, 0.15) is 11.6 Å². The molecular weight excluding hydrogens is 342 g/mol. The van der Waals surface area contributed by atoms with Crippen LogP contribution >= 0.6 is 11.6 Å². The number of hydrogen-bond donors (Lipinski definition) is 0. The number of hydrogen-bond acceptors (Lipinski definition) is 5. The van der Waals surface area contributed by atoms with Crippen LogP contribution in [0.4, 0.5) is 0 Å². The molecule has 1 aliphatic rings. The third-order valence-corrected chi connectivity index (χ3v) is 4.10. The third-order valence-electron chi connectivity index (χ3n) is 3.82. The van der Waals surface area contributed by atoms with Gasteiger partial charge in [0, 0.05) is 12.1 Å². The van der Waals surface area contributed by atoms with Gasteiger partial charge in [-0.2, -0.15) is 10.4 Å². The zero-order valence-corrected chi connectivity index (χ0v) is 14.6. The van der Waals surface area contributed by atoms with Crippen molar-refractivity contribution in [2.45, 2.75) is 20.3 Å². The summed E-state index contributed by atoms with van der Waals surface area (Å²) in [5, 5.41) is 13.8. The molecular formula is C18H16ClN3O3. The van der Waals surface area contributed by atoms with Crippen LogP contribution in [0.2, 0.25) is 5.02 Å². The van der Waals surface area contributed by atoms with E-state index >= 15 is 0 Å². The van der Waals surface area contributed by atoms with Crippen LogP contribution in [0.25, 0.3) is 0 Å². The molecule has 0 fully saturated rings. The van der Waals surface area contributed by atoms with Crippen molar-refractivity contribution in [2.75, 3.05) is 13.2 Å². The molecule has 1 aliphatic heterocycles. The molecule has 6 nitrogen and oxygen atoms in total. The highest BCUT2D eigenvalue weighted by Gasteiger charge is 2.15. The van der Waals surface area contributed by atoms with E-state index in [4.69, 9.17) is 26.3 Å². The molecule has 0 amide bonds. The summed E-state index contributed by atoms with van der Waals surface area (Å²) in [5.41, 5.74) is 1.57. The minimum absolute atomic E-state index is 0.0828. The van der Waals surface area contributed by atoms with E-state index in [9.17, 15) is 4.79 Å². The van der Waals surface area contributed by atoms with Crippen molar-refractivity contribution in [2.24, 2.45) is 5.10 Å². The molecule has 7 heteroatoms. The standard InChI is InChI=1S/C18H16ClN3O3/c1-11-6-12(2)22(18(23)14(11)9-20)21-10-13-7-15(19)17-16(8-13)24-4-3-5-25-17/h6-8,10H,3-5H2,1-2H3/b21-10-. The second-order valence-electron chi connectivity index (χ2n) is 5.70. The normalized spacial score (nSPS) is 13.5. The largest absolute Gasteiger partial charge is 0.489 e. The number of fused-ring (bicyclic) bond motifs is 1. The topological polar surface area (TPSA) is 76.6 Å². The average Bonchev–Trinajstić information content (AvgIpc) is 2.80. The number of nitrogens with zero attached hydrogens (tertiary/aromatic N) is 3. The molecule has 0 atom stereocenters. The van der Waals surface area contributed by atoms with E-state index in [1.54, 1.807) is 32.0 Å². The number of pyridine rings is 1. The third kappa shape index (κ3) is 3.37. The fourth-order valence-electron chi connectivity index (χ4n) is 2.61. The number of nitriles is 1. The maximum atomic E-state index is 12.4. The number of aryl methyl sites for hydroxylation is 2. The van der Waals surface area contributed by atoms with Gasteiger partial charge >= 0.3 is 0 Å². The molecule has 1 aromatic heterocycles. The lowest BCUT2D eigenvalue weighted by molar-refractivity contribution is 0.297.